The molecule has 166 valence electrons. The standard InChI is InChI=1S/C21H21F3N2O5/c1-2-16(31-17-6-4-3-5-13(17)22)19(29)25-21(11-27)9-26(10-21)20(30)12-7-14(23)18(28)15(24)8-12/h3-8,16,27-28H,2,9-11H2,1H3,(H,25,29). The molecule has 3 rings (SSSR count). The zero-order chi connectivity index (χ0) is 22.8. The van der Waals surface area contributed by atoms with Gasteiger partial charge in [-0.3, -0.25) is 9.59 Å². The number of halogens is 3. The molecule has 10 heteroatoms. The summed E-state index contributed by atoms with van der Waals surface area (Å²) in [6, 6.07) is 7.02. The molecule has 0 saturated carbocycles. The van der Waals surface area contributed by atoms with E-state index < -0.39 is 53.3 Å². The Kier molecular flexibility index (Phi) is 6.40. The zero-order valence-electron chi connectivity index (χ0n) is 16.6. The monoisotopic (exact) mass is 438 g/mol. The molecular formula is C21H21F3N2O5. The first-order valence-electron chi connectivity index (χ1n) is 9.51. The Hall–Kier alpha value is -3.27. The van der Waals surface area contributed by atoms with E-state index in [0.717, 1.165) is 0 Å². The molecule has 1 aliphatic heterocycles. The summed E-state index contributed by atoms with van der Waals surface area (Å²) >= 11 is 0. The number of nitrogens with zero attached hydrogens (tertiary/aromatic N) is 1. The molecule has 0 aliphatic carbocycles. The predicted molar refractivity (Wildman–Crippen MR) is 103 cm³/mol. The number of likely N-dealkylation sites (tertiary alicyclic amines) is 1. The molecule has 0 radical (unpaired) electrons. The number of aromatic hydroxyl groups is 1. The third kappa shape index (κ3) is 4.58. The number of hydrogen-bond acceptors (Lipinski definition) is 5. The Morgan fingerprint density at radius 1 is 1.16 bits per heavy atom. The van der Waals surface area contributed by atoms with Gasteiger partial charge in [0.15, 0.2) is 35.1 Å². The molecule has 2 aromatic rings. The summed E-state index contributed by atoms with van der Waals surface area (Å²) < 4.78 is 46.3. The Labute approximate surface area is 176 Å². The first-order valence-corrected chi connectivity index (χ1v) is 9.51. The third-order valence-electron chi connectivity index (χ3n) is 5.00. The fraction of sp³-hybridized carbons (Fsp3) is 0.333. The van der Waals surface area contributed by atoms with Gasteiger partial charge in [-0.15, -0.1) is 0 Å². The molecule has 2 amide bonds. The van der Waals surface area contributed by atoms with Crippen molar-refractivity contribution in [3.05, 3.63) is 59.4 Å². The second kappa shape index (κ2) is 8.84. The predicted octanol–water partition coefficient (Wildman–Crippen LogP) is 1.97. The number of carbonyl (C=O) groups is 2. The van der Waals surface area contributed by atoms with Crippen molar-refractivity contribution in [3.8, 4) is 11.5 Å². The van der Waals surface area contributed by atoms with E-state index >= 15 is 0 Å². The van der Waals surface area contributed by atoms with E-state index in [1.54, 1.807) is 13.0 Å². The van der Waals surface area contributed by atoms with Crippen LogP contribution in [0.25, 0.3) is 0 Å². The quantitative estimate of drug-likeness (QED) is 0.614. The molecule has 31 heavy (non-hydrogen) atoms. The molecule has 1 unspecified atom stereocenters. The molecule has 0 bridgehead atoms. The molecule has 7 nitrogen and oxygen atoms in total. The summed E-state index contributed by atoms with van der Waals surface area (Å²) in [5.74, 6) is -5.79. The molecule has 1 heterocycles. The Balaban J connectivity index is 1.65. The van der Waals surface area contributed by atoms with E-state index in [4.69, 9.17) is 9.84 Å². The van der Waals surface area contributed by atoms with Gasteiger partial charge >= 0.3 is 0 Å². The van der Waals surface area contributed by atoms with E-state index in [0.29, 0.717) is 12.1 Å². The number of phenolic OH excluding ortho intramolecular Hbond substituents is 1. The van der Waals surface area contributed by atoms with Crippen molar-refractivity contribution >= 4 is 11.8 Å². The Bertz CT molecular complexity index is 972. The normalized spacial score (nSPS) is 15.7. The van der Waals surface area contributed by atoms with Gasteiger partial charge in [0, 0.05) is 18.7 Å². The summed E-state index contributed by atoms with van der Waals surface area (Å²) in [4.78, 5) is 26.3. The summed E-state index contributed by atoms with van der Waals surface area (Å²) in [5.41, 5.74) is -1.49. The largest absolute Gasteiger partial charge is 0.503 e. The van der Waals surface area contributed by atoms with Gasteiger partial charge < -0.3 is 25.2 Å². The maximum atomic E-state index is 13.8. The number of benzene rings is 2. The minimum absolute atomic E-state index is 0.0932. The van der Waals surface area contributed by atoms with Crippen LogP contribution < -0.4 is 10.1 Å². The van der Waals surface area contributed by atoms with Gasteiger partial charge in [-0.25, -0.2) is 13.2 Å². The molecule has 1 atom stereocenters. The highest BCUT2D eigenvalue weighted by molar-refractivity contribution is 5.95. The van der Waals surface area contributed by atoms with Crippen LogP contribution in [0, 0.1) is 17.5 Å². The van der Waals surface area contributed by atoms with E-state index in [1.165, 1.54) is 23.1 Å². The van der Waals surface area contributed by atoms with Crippen LogP contribution in [0.5, 0.6) is 11.5 Å². The number of aliphatic hydroxyl groups excluding tert-OH is 1. The maximum Gasteiger partial charge on any atom is 0.261 e. The average Bonchev–Trinajstić information content (AvgIpc) is 2.72. The van der Waals surface area contributed by atoms with Gasteiger partial charge in [0.25, 0.3) is 11.8 Å². The fourth-order valence-corrected chi connectivity index (χ4v) is 3.28. The van der Waals surface area contributed by atoms with Gasteiger partial charge in [-0.2, -0.15) is 0 Å². The molecule has 0 aromatic heterocycles. The Morgan fingerprint density at radius 3 is 2.32 bits per heavy atom. The molecule has 1 aliphatic rings. The van der Waals surface area contributed by atoms with Gasteiger partial charge in [0.1, 0.15) is 0 Å². The highest BCUT2D eigenvalue weighted by Crippen LogP contribution is 2.27. The summed E-state index contributed by atoms with van der Waals surface area (Å²) in [6.45, 7) is 0.931. The average molecular weight is 438 g/mol. The Morgan fingerprint density at radius 2 is 1.77 bits per heavy atom. The van der Waals surface area contributed by atoms with Crippen LogP contribution >= 0.6 is 0 Å². The lowest BCUT2D eigenvalue weighted by Gasteiger charge is -2.49. The fourth-order valence-electron chi connectivity index (χ4n) is 3.28. The summed E-state index contributed by atoms with van der Waals surface area (Å²) in [7, 11) is 0. The van der Waals surface area contributed by atoms with Crippen molar-refractivity contribution < 1.29 is 37.7 Å². The number of aliphatic hydroxyl groups is 1. The van der Waals surface area contributed by atoms with Crippen LogP contribution in [-0.2, 0) is 4.79 Å². The van der Waals surface area contributed by atoms with E-state index in [-0.39, 0.29) is 30.8 Å². The van der Waals surface area contributed by atoms with Crippen molar-refractivity contribution in [2.75, 3.05) is 19.7 Å². The van der Waals surface area contributed by atoms with Crippen LogP contribution in [0.4, 0.5) is 13.2 Å². The van der Waals surface area contributed by atoms with Gasteiger partial charge in [-0.05, 0) is 30.7 Å². The van der Waals surface area contributed by atoms with Crippen molar-refractivity contribution in [3.63, 3.8) is 0 Å². The number of rotatable bonds is 7. The second-order valence-electron chi connectivity index (χ2n) is 7.32. The SMILES string of the molecule is CCC(Oc1ccccc1F)C(=O)NC1(CO)CN(C(=O)c2cc(F)c(O)c(F)c2)C1. The van der Waals surface area contributed by atoms with Crippen molar-refractivity contribution in [1.29, 1.82) is 0 Å². The van der Waals surface area contributed by atoms with Crippen molar-refractivity contribution in [2.45, 2.75) is 25.0 Å². The molecule has 1 saturated heterocycles. The highest BCUT2D eigenvalue weighted by atomic mass is 19.1. The van der Waals surface area contributed by atoms with Crippen LogP contribution in [0.3, 0.4) is 0 Å². The van der Waals surface area contributed by atoms with Crippen molar-refractivity contribution in [2.24, 2.45) is 0 Å². The second-order valence-corrected chi connectivity index (χ2v) is 7.32. The zero-order valence-corrected chi connectivity index (χ0v) is 16.6. The van der Waals surface area contributed by atoms with Crippen LogP contribution in [-0.4, -0.2) is 58.3 Å². The summed E-state index contributed by atoms with van der Waals surface area (Å²) in [6.07, 6.45) is -0.818. The minimum Gasteiger partial charge on any atom is -0.503 e. The number of phenols is 1. The molecule has 1 fully saturated rings. The lowest BCUT2D eigenvalue weighted by Crippen LogP contribution is -2.74. The number of amides is 2. The van der Waals surface area contributed by atoms with E-state index in [2.05, 4.69) is 5.32 Å². The highest BCUT2D eigenvalue weighted by Gasteiger charge is 2.47. The number of carbonyl (C=O) groups excluding carboxylic acids is 2. The lowest BCUT2D eigenvalue weighted by molar-refractivity contribution is -0.133. The number of ether oxygens (including phenoxy) is 1. The molecule has 3 N–H and O–H groups in total. The van der Waals surface area contributed by atoms with Gasteiger partial charge in [0.2, 0.25) is 0 Å². The molecule has 2 aromatic carbocycles. The van der Waals surface area contributed by atoms with E-state index in [9.17, 15) is 27.9 Å². The minimum atomic E-state index is -1.28. The summed E-state index contributed by atoms with van der Waals surface area (Å²) in [5, 5.41) is 21.5. The lowest BCUT2D eigenvalue weighted by atomic mass is 9.89. The first-order chi connectivity index (χ1) is 14.7. The van der Waals surface area contributed by atoms with Crippen molar-refractivity contribution in [1.82, 2.24) is 10.2 Å². The topological polar surface area (TPSA) is 99.1 Å². The number of nitrogens with one attached hydrogen (secondary N) is 1. The molecule has 0 spiro atoms. The smallest absolute Gasteiger partial charge is 0.261 e. The number of hydrogen-bond donors (Lipinski definition) is 3. The van der Waals surface area contributed by atoms with Gasteiger partial charge in [0.05, 0.1) is 12.1 Å². The van der Waals surface area contributed by atoms with Crippen LogP contribution in [0.2, 0.25) is 0 Å². The maximum absolute atomic E-state index is 13.8. The third-order valence-corrected chi connectivity index (χ3v) is 5.00. The van der Waals surface area contributed by atoms with Gasteiger partial charge in [-0.1, -0.05) is 19.1 Å². The molecular weight excluding hydrogens is 417 g/mol. The van der Waals surface area contributed by atoms with E-state index in [1.807, 2.05) is 0 Å². The van der Waals surface area contributed by atoms with Crippen LogP contribution in [0.1, 0.15) is 23.7 Å². The number of para-hydroxylation sites is 1. The van der Waals surface area contributed by atoms with Crippen LogP contribution in [0.15, 0.2) is 36.4 Å². The first kappa shape index (κ1) is 22.4.